The first-order valence-corrected chi connectivity index (χ1v) is 9.73. The predicted octanol–water partition coefficient (Wildman–Crippen LogP) is 2.58. The Bertz CT molecular complexity index is 929. The maximum absolute atomic E-state index is 12.4. The number of amides is 1. The summed E-state index contributed by atoms with van der Waals surface area (Å²) in [6, 6.07) is 12.5. The molecule has 0 radical (unpaired) electrons. The highest BCUT2D eigenvalue weighted by Crippen LogP contribution is 2.36. The Balaban J connectivity index is 1.42. The summed E-state index contributed by atoms with van der Waals surface area (Å²) in [5.74, 6) is 0.447. The van der Waals surface area contributed by atoms with Crippen molar-refractivity contribution in [1.29, 1.82) is 0 Å². The van der Waals surface area contributed by atoms with Crippen LogP contribution < -0.4 is 5.32 Å². The van der Waals surface area contributed by atoms with E-state index in [2.05, 4.69) is 41.0 Å². The van der Waals surface area contributed by atoms with Crippen LogP contribution >= 0.6 is 0 Å². The molecule has 0 unspecified atom stereocenters. The van der Waals surface area contributed by atoms with E-state index < -0.39 is 0 Å². The van der Waals surface area contributed by atoms with Crippen LogP contribution in [0.2, 0.25) is 0 Å². The highest BCUT2D eigenvalue weighted by molar-refractivity contribution is 5.79. The molecular formula is C22H27N5O. The van der Waals surface area contributed by atoms with Gasteiger partial charge in [0.2, 0.25) is 5.91 Å². The lowest BCUT2D eigenvalue weighted by atomic mass is 9.95. The number of likely N-dealkylation sites (tertiary alicyclic amines) is 1. The summed E-state index contributed by atoms with van der Waals surface area (Å²) in [6.07, 6.45) is 8.73. The summed E-state index contributed by atoms with van der Waals surface area (Å²) >= 11 is 0. The average molecular weight is 377 g/mol. The topological polar surface area (TPSA) is 55.1 Å². The van der Waals surface area contributed by atoms with Crippen molar-refractivity contribution in [3.63, 3.8) is 0 Å². The standard InChI is InChI=1S/C22H27N5O/c1-25-9-8-18(14-25)11-23-12-19-10-21(28)26(2)22(19)20-13-24-27(16-20)15-17-6-4-3-5-7-17/h3-9,13-14,16,19,22-23H,10-12,15H2,1-2H3/t19-,22+/m0/s1. The van der Waals surface area contributed by atoms with Gasteiger partial charge in [0, 0.05) is 63.7 Å². The van der Waals surface area contributed by atoms with Crippen LogP contribution in [0.25, 0.3) is 0 Å². The van der Waals surface area contributed by atoms with Gasteiger partial charge < -0.3 is 14.8 Å². The van der Waals surface area contributed by atoms with Crippen LogP contribution in [0.4, 0.5) is 0 Å². The Hall–Kier alpha value is -2.86. The number of nitrogens with one attached hydrogen (secondary N) is 1. The summed E-state index contributed by atoms with van der Waals surface area (Å²) in [5.41, 5.74) is 3.58. The molecule has 6 nitrogen and oxygen atoms in total. The van der Waals surface area contributed by atoms with Gasteiger partial charge in [-0.2, -0.15) is 5.10 Å². The van der Waals surface area contributed by atoms with E-state index in [1.807, 2.05) is 58.8 Å². The van der Waals surface area contributed by atoms with Gasteiger partial charge in [-0.3, -0.25) is 9.48 Å². The largest absolute Gasteiger partial charge is 0.357 e. The number of aryl methyl sites for hydroxylation is 1. The Morgan fingerprint density at radius 3 is 2.68 bits per heavy atom. The van der Waals surface area contributed by atoms with E-state index in [-0.39, 0.29) is 17.9 Å². The fourth-order valence-corrected chi connectivity index (χ4v) is 4.09. The lowest BCUT2D eigenvalue weighted by Crippen LogP contribution is -2.28. The summed E-state index contributed by atoms with van der Waals surface area (Å²) in [7, 11) is 3.93. The van der Waals surface area contributed by atoms with E-state index in [4.69, 9.17) is 0 Å². The van der Waals surface area contributed by atoms with Gasteiger partial charge in [-0.15, -0.1) is 0 Å². The number of carbonyl (C=O) groups excluding carboxylic acids is 1. The second-order valence-electron chi connectivity index (χ2n) is 7.69. The minimum atomic E-state index is 0.0697. The fraction of sp³-hybridized carbons (Fsp3) is 0.364. The van der Waals surface area contributed by atoms with Crippen LogP contribution in [-0.2, 0) is 24.9 Å². The van der Waals surface area contributed by atoms with E-state index in [1.165, 1.54) is 11.1 Å². The number of benzene rings is 1. The Kier molecular flexibility index (Phi) is 5.30. The average Bonchev–Trinajstić information content (AvgIpc) is 3.37. The molecule has 1 fully saturated rings. The Labute approximate surface area is 165 Å². The SMILES string of the molecule is CN1C(=O)C[C@@H](CNCc2ccn(C)c2)[C@@H]1c1cnn(Cc2ccccc2)c1. The molecule has 3 heterocycles. The molecule has 2 atom stereocenters. The van der Waals surface area contributed by atoms with Gasteiger partial charge in [0.1, 0.15) is 0 Å². The molecule has 2 aromatic heterocycles. The molecular weight excluding hydrogens is 350 g/mol. The van der Waals surface area contributed by atoms with Crippen LogP contribution in [0.5, 0.6) is 0 Å². The second-order valence-corrected chi connectivity index (χ2v) is 7.69. The number of rotatable bonds is 7. The van der Waals surface area contributed by atoms with Crippen molar-refractivity contribution in [3.05, 3.63) is 77.9 Å². The normalized spacial score (nSPS) is 19.5. The zero-order valence-corrected chi connectivity index (χ0v) is 16.5. The van der Waals surface area contributed by atoms with Gasteiger partial charge in [-0.25, -0.2) is 0 Å². The molecule has 1 N–H and O–H groups in total. The van der Waals surface area contributed by atoms with Crippen molar-refractivity contribution in [2.75, 3.05) is 13.6 Å². The van der Waals surface area contributed by atoms with Crippen LogP contribution in [-0.4, -0.2) is 38.7 Å². The van der Waals surface area contributed by atoms with Crippen molar-refractivity contribution < 1.29 is 4.79 Å². The molecule has 146 valence electrons. The maximum Gasteiger partial charge on any atom is 0.223 e. The van der Waals surface area contributed by atoms with Crippen molar-refractivity contribution in [2.24, 2.45) is 13.0 Å². The number of carbonyl (C=O) groups is 1. The first-order valence-electron chi connectivity index (χ1n) is 9.73. The number of hydrogen-bond donors (Lipinski definition) is 1. The van der Waals surface area contributed by atoms with Crippen LogP contribution in [0.15, 0.2) is 61.2 Å². The predicted molar refractivity (Wildman–Crippen MR) is 109 cm³/mol. The molecule has 6 heteroatoms. The molecule has 1 aromatic carbocycles. The molecule has 0 bridgehead atoms. The van der Waals surface area contributed by atoms with Crippen LogP contribution in [0, 0.1) is 5.92 Å². The molecule has 0 spiro atoms. The molecule has 3 aromatic rings. The van der Waals surface area contributed by atoms with Gasteiger partial charge in [0.25, 0.3) is 0 Å². The summed E-state index contributed by atoms with van der Waals surface area (Å²) in [4.78, 5) is 14.2. The van der Waals surface area contributed by atoms with E-state index in [1.54, 1.807) is 0 Å². The molecule has 28 heavy (non-hydrogen) atoms. The van der Waals surface area contributed by atoms with Crippen LogP contribution in [0.3, 0.4) is 0 Å². The third kappa shape index (κ3) is 4.02. The van der Waals surface area contributed by atoms with E-state index in [0.717, 1.165) is 25.2 Å². The minimum absolute atomic E-state index is 0.0697. The molecule has 1 aliphatic heterocycles. The Morgan fingerprint density at radius 2 is 1.93 bits per heavy atom. The van der Waals surface area contributed by atoms with Gasteiger partial charge in [0.15, 0.2) is 0 Å². The van der Waals surface area contributed by atoms with E-state index in [0.29, 0.717) is 6.42 Å². The number of nitrogens with zero attached hydrogens (tertiary/aromatic N) is 4. The highest BCUT2D eigenvalue weighted by Gasteiger charge is 2.38. The van der Waals surface area contributed by atoms with Crippen LogP contribution in [0.1, 0.15) is 29.2 Å². The smallest absolute Gasteiger partial charge is 0.223 e. The van der Waals surface area contributed by atoms with Gasteiger partial charge >= 0.3 is 0 Å². The zero-order valence-electron chi connectivity index (χ0n) is 16.5. The van der Waals surface area contributed by atoms with Crippen molar-refractivity contribution >= 4 is 5.91 Å². The quantitative estimate of drug-likeness (QED) is 0.689. The first-order chi connectivity index (χ1) is 13.6. The first kappa shape index (κ1) is 18.5. The molecule has 1 amide bonds. The Morgan fingerprint density at radius 1 is 1.11 bits per heavy atom. The number of aromatic nitrogens is 3. The third-order valence-electron chi connectivity index (χ3n) is 5.50. The van der Waals surface area contributed by atoms with Gasteiger partial charge in [0.05, 0.1) is 18.8 Å². The highest BCUT2D eigenvalue weighted by atomic mass is 16.2. The van der Waals surface area contributed by atoms with Gasteiger partial charge in [-0.05, 0) is 17.2 Å². The minimum Gasteiger partial charge on any atom is -0.357 e. The van der Waals surface area contributed by atoms with Crippen molar-refractivity contribution in [2.45, 2.75) is 25.6 Å². The summed E-state index contributed by atoms with van der Waals surface area (Å²) in [6.45, 7) is 2.36. The molecule has 1 saturated heterocycles. The molecule has 0 aliphatic carbocycles. The zero-order chi connectivity index (χ0) is 19.5. The molecule has 0 saturated carbocycles. The van der Waals surface area contributed by atoms with Gasteiger partial charge in [-0.1, -0.05) is 30.3 Å². The fourth-order valence-electron chi connectivity index (χ4n) is 4.09. The monoisotopic (exact) mass is 377 g/mol. The van der Waals surface area contributed by atoms with E-state index in [9.17, 15) is 4.79 Å². The summed E-state index contributed by atoms with van der Waals surface area (Å²) in [5, 5.41) is 8.06. The van der Waals surface area contributed by atoms with Crippen molar-refractivity contribution in [3.8, 4) is 0 Å². The lowest BCUT2D eigenvalue weighted by molar-refractivity contribution is -0.127. The summed E-state index contributed by atoms with van der Waals surface area (Å²) < 4.78 is 4.00. The molecule has 1 aliphatic rings. The third-order valence-corrected chi connectivity index (χ3v) is 5.50. The lowest BCUT2D eigenvalue weighted by Gasteiger charge is -2.24. The maximum atomic E-state index is 12.4. The van der Waals surface area contributed by atoms with E-state index >= 15 is 0 Å². The molecule has 4 rings (SSSR count). The van der Waals surface area contributed by atoms with Crippen molar-refractivity contribution in [1.82, 2.24) is 24.6 Å². The number of hydrogen-bond acceptors (Lipinski definition) is 3. The second kappa shape index (κ2) is 8.02.